The van der Waals surface area contributed by atoms with Gasteiger partial charge in [0, 0.05) is 36.9 Å². The predicted molar refractivity (Wildman–Crippen MR) is 69.7 cm³/mol. The van der Waals surface area contributed by atoms with Gasteiger partial charge in [-0.15, -0.1) is 0 Å². The molecule has 1 aliphatic heterocycles. The molecule has 4 heteroatoms. The lowest BCUT2D eigenvalue weighted by Crippen LogP contribution is -2.20. The van der Waals surface area contributed by atoms with E-state index in [4.69, 9.17) is 23.1 Å². The van der Waals surface area contributed by atoms with Gasteiger partial charge in [-0.1, -0.05) is 12.2 Å². The second kappa shape index (κ2) is 4.80. The molecule has 1 saturated heterocycles. The van der Waals surface area contributed by atoms with Gasteiger partial charge in [-0.3, -0.25) is 0 Å². The van der Waals surface area contributed by atoms with Crippen LogP contribution in [0, 0.1) is 5.92 Å². The number of nitrogens with two attached hydrogens (primary N) is 1. The lowest BCUT2D eigenvalue weighted by Gasteiger charge is -2.18. The van der Waals surface area contributed by atoms with E-state index in [1.807, 2.05) is 24.3 Å². The molecule has 0 radical (unpaired) electrons. The van der Waals surface area contributed by atoms with E-state index < -0.39 is 0 Å². The predicted octanol–water partition coefficient (Wildman–Crippen LogP) is 1.14. The van der Waals surface area contributed by atoms with Crippen LogP contribution in [0.4, 0.5) is 5.69 Å². The molecular weight excluding hydrogens is 220 g/mol. The number of hydrogen-bond donors (Lipinski definition) is 2. The largest absolute Gasteiger partial charge is 0.396 e. The minimum absolute atomic E-state index is 0.279. The third-order valence-electron chi connectivity index (χ3n) is 3.06. The monoisotopic (exact) mass is 236 g/mol. The first kappa shape index (κ1) is 11.4. The topological polar surface area (TPSA) is 49.5 Å². The van der Waals surface area contributed by atoms with E-state index in [0.29, 0.717) is 10.9 Å². The van der Waals surface area contributed by atoms with Crippen LogP contribution in [0.15, 0.2) is 24.3 Å². The molecule has 1 unspecified atom stereocenters. The molecule has 0 amide bonds. The van der Waals surface area contributed by atoms with Gasteiger partial charge in [-0.25, -0.2) is 0 Å². The summed E-state index contributed by atoms with van der Waals surface area (Å²) in [6, 6.07) is 7.97. The number of anilines is 1. The molecule has 1 aromatic carbocycles. The molecule has 86 valence electrons. The number of rotatable bonds is 3. The number of benzene rings is 1. The van der Waals surface area contributed by atoms with Gasteiger partial charge in [-0.05, 0) is 30.7 Å². The zero-order chi connectivity index (χ0) is 11.5. The minimum Gasteiger partial charge on any atom is -0.396 e. The van der Waals surface area contributed by atoms with Gasteiger partial charge in [0.2, 0.25) is 0 Å². The molecule has 2 rings (SSSR count). The number of thiocarbonyl (C=S) groups is 1. The summed E-state index contributed by atoms with van der Waals surface area (Å²) in [7, 11) is 0. The lowest BCUT2D eigenvalue weighted by molar-refractivity contribution is 0.238. The van der Waals surface area contributed by atoms with Crippen LogP contribution < -0.4 is 10.6 Å². The van der Waals surface area contributed by atoms with E-state index in [2.05, 4.69) is 4.90 Å². The fourth-order valence-corrected chi connectivity index (χ4v) is 2.19. The molecule has 1 aromatic rings. The van der Waals surface area contributed by atoms with Crippen LogP contribution in [0.1, 0.15) is 12.0 Å². The van der Waals surface area contributed by atoms with Gasteiger partial charge in [0.25, 0.3) is 0 Å². The SMILES string of the molecule is NC(=S)c1ccc(N2CCC(CO)C2)cc1. The van der Waals surface area contributed by atoms with Crippen LogP contribution in [0.5, 0.6) is 0 Å². The van der Waals surface area contributed by atoms with Crippen molar-refractivity contribution >= 4 is 22.9 Å². The van der Waals surface area contributed by atoms with Gasteiger partial charge in [0.05, 0.1) is 0 Å². The molecule has 3 nitrogen and oxygen atoms in total. The van der Waals surface area contributed by atoms with Crippen molar-refractivity contribution in [1.29, 1.82) is 0 Å². The van der Waals surface area contributed by atoms with Crippen molar-refractivity contribution in [3.63, 3.8) is 0 Å². The highest BCUT2D eigenvalue weighted by Crippen LogP contribution is 2.23. The normalized spacial score (nSPS) is 20.1. The Bertz CT molecular complexity index is 377. The van der Waals surface area contributed by atoms with Crippen molar-refractivity contribution in [1.82, 2.24) is 0 Å². The summed E-state index contributed by atoms with van der Waals surface area (Å²) in [5.74, 6) is 0.412. The Balaban J connectivity index is 2.08. The van der Waals surface area contributed by atoms with E-state index in [1.165, 1.54) is 5.69 Å². The van der Waals surface area contributed by atoms with Crippen molar-refractivity contribution in [3.8, 4) is 0 Å². The van der Waals surface area contributed by atoms with Crippen LogP contribution in [0.3, 0.4) is 0 Å². The Morgan fingerprint density at radius 1 is 1.44 bits per heavy atom. The highest BCUT2D eigenvalue weighted by atomic mass is 32.1. The average molecular weight is 236 g/mol. The van der Waals surface area contributed by atoms with Crippen LogP contribution in [0.2, 0.25) is 0 Å². The smallest absolute Gasteiger partial charge is 0.103 e. The summed E-state index contributed by atoms with van der Waals surface area (Å²) in [5.41, 5.74) is 7.62. The van der Waals surface area contributed by atoms with Crippen LogP contribution in [-0.2, 0) is 0 Å². The lowest BCUT2D eigenvalue weighted by atomic mass is 10.1. The fourth-order valence-electron chi connectivity index (χ4n) is 2.05. The molecule has 1 heterocycles. The zero-order valence-corrected chi connectivity index (χ0v) is 9.91. The van der Waals surface area contributed by atoms with Gasteiger partial charge in [-0.2, -0.15) is 0 Å². The number of aliphatic hydroxyl groups is 1. The molecule has 1 aliphatic rings. The van der Waals surface area contributed by atoms with E-state index in [-0.39, 0.29) is 6.61 Å². The Morgan fingerprint density at radius 2 is 2.12 bits per heavy atom. The fraction of sp³-hybridized carbons (Fsp3) is 0.417. The highest BCUT2D eigenvalue weighted by Gasteiger charge is 2.21. The van der Waals surface area contributed by atoms with Crippen molar-refractivity contribution in [2.75, 3.05) is 24.6 Å². The maximum atomic E-state index is 9.09. The van der Waals surface area contributed by atoms with Crippen LogP contribution in [0.25, 0.3) is 0 Å². The molecule has 0 bridgehead atoms. The molecule has 16 heavy (non-hydrogen) atoms. The second-order valence-corrected chi connectivity index (χ2v) is 4.63. The molecule has 1 atom stereocenters. The third kappa shape index (κ3) is 2.33. The van der Waals surface area contributed by atoms with E-state index in [9.17, 15) is 0 Å². The Labute approximate surface area is 101 Å². The van der Waals surface area contributed by atoms with E-state index >= 15 is 0 Å². The van der Waals surface area contributed by atoms with E-state index in [1.54, 1.807) is 0 Å². The third-order valence-corrected chi connectivity index (χ3v) is 3.30. The summed E-state index contributed by atoms with van der Waals surface area (Å²) in [5, 5.41) is 9.09. The maximum Gasteiger partial charge on any atom is 0.103 e. The van der Waals surface area contributed by atoms with Crippen molar-refractivity contribution in [3.05, 3.63) is 29.8 Å². The Hall–Kier alpha value is -1.13. The summed E-state index contributed by atoms with van der Waals surface area (Å²) >= 11 is 4.91. The molecule has 3 N–H and O–H groups in total. The summed E-state index contributed by atoms with van der Waals surface area (Å²) in [4.78, 5) is 2.71. The van der Waals surface area contributed by atoms with Crippen molar-refractivity contribution in [2.45, 2.75) is 6.42 Å². The number of nitrogens with zero attached hydrogens (tertiary/aromatic N) is 1. The van der Waals surface area contributed by atoms with Gasteiger partial charge >= 0.3 is 0 Å². The average Bonchev–Trinajstić information content (AvgIpc) is 2.77. The summed E-state index contributed by atoms with van der Waals surface area (Å²) < 4.78 is 0. The quantitative estimate of drug-likeness (QED) is 0.773. The number of hydrogen-bond acceptors (Lipinski definition) is 3. The van der Waals surface area contributed by atoms with E-state index in [0.717, 1.165) is 25.1 Å². The summed E-state index contributed by atoms with van der Waals surface area (Å²) in [6.07, 6.45) is 1.06. The molecule has 0 aromatic heterocycles. The molecule has 0 spiro atoms. The van der Waals surface area contributed by atoms with Crippen molar-refractivity contribution < 1.29 is 5.11 Å². The highest BCUT2D eigenvalue weighted by molar-refractivity contribution is 7.80. The maximum absolute atomic E-state index is 9.09. The van der Waals surface area contributed by atoms with Crippen LogP contribution in [-0.4, -0.2) is 29.8 Å². The Kier molecular flexibility index (Phi) is 3.41. The Morgan fingerprint density at radius 3 is 2.62 bits per heavy atom. The first-order valence-corrected chi connectivity index (χ1v) is 5.87. The summed E-state index contributed by atoms with van der Waals surface area (Å²) in [6.45, 7) is 2.22. The first-order valence-electron chi connectivity index (χ1n) is 5.46. The molecular formula is C12H16N2OS. The van der Waals surface area contributed by atoms with Crippen LogP contribution >= 0.6 is 12.2 Å². The first-order chi connectivity index (χ1) is 7.70. The minimum atomic E-state index is 0.279. The standard InChI is InChI=1S/C12H16N2OS/c13-12(16)10-1-3-11(4-2-10)14-6-5-9(7-14)8-15/h1-4,9,15H,5-8H2,(H2,13,16). The number of aliphatic hydroxyl groups excluding tert-OH is 1. The van der Waals surface area contributed by atoms with Gasteiger partial charge in [0.1, 0.15) is 4.99 Å². The molecule has 1 fully saturated rings. The molecule has 0 aliphatic carbocycles. The van der Waals surface area contributed by atoms with Crippen molar-refractivity contribution in [2.24, 2.45) is 11.7 Å². The zero-order valence-electron chi connectivity index (χ0n) is 9.10. The van der Waals surface area contributed by atoms with Gasteiger partial charge in [0.15, 0.2) is 0 Å². The second-order valence-electron chi connectivity index (χ2n) is 4.19. The van der Waals surface area contributed by atoms with Gasteiger partial charge < -0.3 is 15.7 Å². The molecule has 0 saturated carbocycles.